The van der Waals surface area contributed by atoms with Crippen LogP contribution in [0.4, 0.5) is 0 Å². The van der Waals surface area contributed by atoms with E-state index in [0.717, 1.165) is 13.0 Å². The second-order valence-electron chi connectivity index (χ2n) is 6.06. The SMILES string of the molecule is CCc1ccc(CN2CCC3(CCNC3)C2)cc1.Cl. The van der Waals surface area contributed by atoms with Crippen LogP contribution in [-0.2, 0) is 13.0 Å². The summed E-state index contributed by atoms with van der Waals surface area (Å²) in [6.45, 7) is 8.36. The Kier molecular flexibility index (Phi) is 4.88. The molecule has 2 aliphatic rings. The van der Waals surface area contributed by atoms with Crippen molar-refractivity contribution in [3.8, 4) is 0 Å². The number of nitrogens with one attached hydrogen (secondary N) is 1. The molecule has 2 heterocycles. The zero-order chi connectivity index (χ0) is 12.4. The molecular weight excluding hydrogens is 256 g/mol. The van der Waals surface area contributed by atoms with E-state index in [0.29, 0.717) is 5.41 Å². The van der Waals surface area contributed by atoms with Gasteiger partial charge in [-0.05, 0) is 48.9 Å². The first-order chi connectivity index (χ1) is 8.80. The second kappa shape index (κ2) is 6.25. The van der Waals surface area contributed by atoms with Gasteiger partial charge in [0.25, 0.3) is 0 Å². The molecular formula is C16H25ClN2. The lowest BCUT2D eigenvalue weighted by atomic mass is 9.86. The van der Waals surface area contributed by atoms with Gasteiger partial charge in [0, 0.05) is 19.6 Å². The maximum atomic E-state index is 3.53. The summed E-state index contributed by atoms with van der Waals surface area (Å²) in [5.74, 6) is 0. The Morgan fingerprint density at radius 1 is 1.16 bits per heavy atom. The van der Waals surface area contributed by atoms with Crippen LogP contribution in [0.25, 0.3) is 0 Å². The minimum atomic E-state index is 0. The number of hydrogen-bond acceptors (Lipinski definition) is 2. The average Bonchev–Trinajstić information content (AvgIpc) is 3.02. The van der Waals surface area contributed by atoms with E-state index in [1.807, 2.05) is 0 Å². The summed E-state index contributed by atoms with van der Waals surface area (Å²) in [6.07, 6.45) is 3.89. The van der Waals surface area contributed by atoms with E-state index in [-0.39, 0.29) is 12.4 Å². The van der Waals surface area contributed by atoms with Crippen LogP contribution in [0.15, 0.2) is 24.3 Å². The molecule has 106 valence electrons. The molecule has 1 spiro atoms. The number of nitrogens with zero attached hydrogens (tertiary/aromatic N) is 1. The van der Waals surface area contributed by atoms with Crippen molar-refractivity contribution < 1.29 is 0 Å². The average molecular weight is 281 g/mol. The maximum Gasteiger partial charge on any atom is 0.0233 e. The van der Waals surface area contributed by atoms with Crippen LogP contribution in [-0.4, -0.2) is 31.1 Å². The van der Waals surface area contributed by atoms with Crippen molar-refractivity contribution in [1.29, 1.82) is 0 Å². The highest BCUT2D eigenvalue weighted by Crippen LogP contribution is 2.36. The van der Waals surface area contributed by atoms with Crippen LogP contribution in [0.1, 0.15) is 30.9 Å². The van der Waals surface area contributed by atoms with E-state index >= 15 is 0 Å². The topological polar surface area (TPSA) is 15.3 Å². The van der Waals surface area contributed by atoms with Crippen LogP contribution in [0.2, 0.25) is 0 Å². The first-order valence-electron chi connectivity index (χ1n) is 7.31. The Morgan fingerprint density at radius 3 is 2.53 bits per heavy atom. The number of halogens is 1. The number of aryl methyl sites for hydroxylation is 1. The van der Waals surface area contributed by atoms with Gasteiger partial charge in [-0.3, -0.25) is 4.90 Å². The molecule has 2 saturated heterocycles. The maximum absolute atomic E-state index is 3.53. The third-order valence-corrected chi connectivity index (χ3v) is 4.69. The van der Waals surface area contributed by atoms with Crippen molar-refractivity contribution >= 4 is 12.4 Å². The first-order valence-corrected chi connectivity index (χ1v) is 7.31. The summed E-state index contributed by atoms with van der Waals surface area (Å²) < 4.78 is 0. The number of hydrogen-bond donors (Lipinski definition) is 1. The number of rotatable bonds is 3. The molecule has 1 aromatic rings. The molecule has 19 heavy (non-hydrogen) atoms. The standard InChI is InChI=1S/C16H24N2.ClH/c1-2-14-3-5-15(6-4-14)11-18-10-8-16(13-18)7-9-17-12-16;/h3-6,17H,2,7-13H2,1H3;1H. The van der Waals surface area contributed by atoms with Crippen molar-refractivity contribution in [2.45, 2.75) is 32.7 Å². The largest absolute Gasteiger partial charge is 0.316 e. The van der Waals surface area contributed by atoms with Crippen molar-refractivity contribution in [3.63, 3.8) is 0 Å². The normalized spacial score (nSPS) is 26.8. The van der Waals surface area contributed by atoms with Crippen LogP contribution in [0.5, 0.6) is 0 Å². The molecule has 1 atom stereocenters. The predicted molar refractivity (Wildman–Crippen MR) is 82.9 cm³/mol. The molecule has 3 heteroatoms. The molecule has 1 N–H and O–H groups in total. The molecule has 0 aliphatic carbocycles. The van der Waals surface area contributed by atoms with Gasteiger partial charge in [0.1, 0.15) is 0 Å². The van der Waals surface area contributed by atoms with E-state index in [2.05, 4.69) is 41.4 Å². The quantitative estimate of drug-likeness (QED) is 0.916. The van der Waals surface area contributed by atoms with Gasteiger partial charge in [-0.2, -0.15) is 0 Å². The predicted octanol–water partition coefficient (Wildman–Crippen LogP) is 2.86. The second-order valence-corrected chi connectivity index (χ2v) is 6.06. The van der Waals surface area contributed by atoms with Crippen molar-refractivity contribution in [1.82, 2.24) is 10.2 Å². The zero-order valence-corrected chi connectivity index (χ0v) is 12.6. The first kappa shape index (κ1) is 14.8. The van der Waals surface area contributed by atoms with Crippen LogP contribution in [0.3, 0.4) is 0 Å². The Morgan fingerprint density at radius 2 is 1.89 bits per heavy atom. The van der Waals surface area contributed by atoms with Crippen molar-refractivity contribution in [2.24, 2.45) is 5.41 Å². The fourth-order valence-electron chi connectivity index (χ4n) is 3.45. The third kappa shape index (κ3) is 3.31. The van der Waals surface area contributed by atoms with Gasteiger partial charge in [-0.25, -0.2) is 0 Å². The molecule has 1 aromatic carbocycles. The lowest BCUT2D eigenvalue weighted by molar-refractivity contribution is 0.268. The Balaban J connectivity index is 0.00000133. The Hall–Kier alpha value is -0.570. The highest BCUT2D eigenvalue weighted by Gasteiger charge is 2.39. The molecule has 0 saturated carbocycles. The molecule has 2 fully saturated rings. The summed E-state index contributed by atoms with van der Waals surface area (Å²) in [4.78, 5) is 2.63. The van der Waals surface area contributed by atoms with Crippen molar-refractivity contribution in [3.05, 3.63) is 35.4 Å². The highest BCUT2D eigenvalue weighted by molar-refractivity contribution is 5.85. The molecule has 2 aliphatic heterocycles. The van der Waals surface area contributed by atoms with E-state index in [4.69, 9.17) is 0 Å². The van der Waals surface area contributed by atoms with Gasteiger partial charge in [-0.15, -0.1) is 12.4 Å². The number of benzene rings is 1. The monoisotopic (exact) mass is 280 g/mol. The summed E-state index contributed by atoms with van der Waals surface area (Å²) in [7, 11) is 0. The van der Waals surface area contributed by atoms with E-state index in [1.54, 1.807) is 0 Å². The van der Waals surface area contributed by atoms with E-state index < -0.39 is 0 Å². The lowest BCUT2D eigenvalue weighted by Crippen LogP contribution is -2.28. The van der Waals surface area contributed by atoms with Crippen molar-refractivity contribution in [2.75, 3.05) is 26.2 Å². The van der Waals surface area contributed by atoms with Crippen LogP contribution >= 0.6 is 12.4 Å². The fourth-order valence-corrected chi connectivity index (χ4v) is 3.45. The Bertz CT molecular complexity index is 396. The summed E-state index contributed by atoms with van der Waals surface area (Å²) >= 11 is 0. The zero-order valence-electron chi connectivity index (χ0n) is 11.8. The molecule has 3 rings (SSSR count). The van der Waals surface area contributed by atoms with Gasteiger partial charge < -0.3 is 5.32 Å². The third-order valence-electron chi connectivity index (χ3n) is 4.69. The lowest BCUT2D eigenvalue weighted by Gasteiger charge is -2.22. The number of likely N-dealkylation sites (tertiary alicyclic amines) is 1. The summed E-state index contributed by atoms with van der Waals surface area (Å²) in [5.41, 5.74) is 3.51. The minimum absolute atomic E-state index is 0. The van der Waals surface area contributed by atoms with Gasteiger partial charge in [0.2, 0.25) is 0 Å². The van der Waals surface area contributed by atoms with E-state index in [9.17, 15) is 0 Å². The summed E-state index contributed by atoms with van der Waals surface area (Å²) in [5, 5.41) is 3.53. The molecule has 1 unspecified atom stereocenters. The van der Waals surface area contributed by atoms with E-state index in [1.165, 1.54) is 50.1 Å². The minimum Gasteiger partial charge on any atom is -0.316 e. The molecule has 0 bridgehead atoms. The molecule has 0 radical (unpaired) electrons. The summed E-state index contributed by atoms with van der Waals surface area (Å²) in [6, 6.07) is 9.16. The van der Waals surface area contributed by atoms with Gasteiger partial charge in [0.05, 0.1) is 0 Å². The fraction of sp³-hybridized carbons (Fsp3) is 0.625. The Labute approximate surface area is 123 Å². The smallest absolute Gasteiger partial charge is 0.0233 e. The molecule has 2 nitrogen and oxygen atoms in total. The van der Waals surface area contributed by atoms with Crippen LogP contribution in [0, 0.1) is 5.41 Å². The molecule has 0 aromatic heterocycles. The van der Waals surface area contributed by atoms with Gasteiger partial charge in [-0.1, -0.05) is 31.2 Å². The highest BCUT2D eigenvalue weighted by atomic mass is 35.5. The van der Waals surface area contributed by atoms with Gasteiger partial charge >= 0.3 is 0 Å². The van der Waals surface area contributed by atoms with Gasteiger partial charge in [0.15, 0.2) is 0 Å². The van der Waals surface area contributed by atoms with Crippen LogP contribution < -0.4 is 5.32 Å². The molecule has 0 amide bonds.